The lowest BCUT2D eigenvalue weighted by atomic mass is 9.80. The van der Waals surface area contributed by atoms with Crippen molar-refractivity contribution in [2.45, 2.75) is 39.7 Å². The molecule has 1 heterocycles. The third-order valence-electron chi connectivity index (χ3n) is 2.90. The molecule has 0 aromatic carbocycles. The number of nitrogens with two attached hydrogens (primary N) is 1. The summed E-state index contributed by atoms with van der Waals surface area (Å²) < 4.78 is 4.75. The number of likely N-dealkylation sites (tertiary alicyclic amines) is 1. The zero-order valence-corrected chi connectivity index (χ0v) is 10.8. The second kappa shape index (κ2) is 5.04. The SMILES string of the molecule is COC(=O)N1CC(N)CC(CC(C)(C)C)C1. The number of rotatable bonds is 1. The molecule has 1 aliphatic heterocycles. The molecule has 0 radical (unpaired) electrons. The first kappa shape index (κ1) is 13.3. The molecule has 2 atom stereocenters. The van der Waals surface area contributed by atoms with E-state index >= 15 is 0 Å². The Morgan fingerprint density at radius 3 is 2.56 bits per heavy atom. The van der Waals surface area contributed by atoms with Gasteiger partial charge in [0.1, 0.15) is 0 Å². The lowest BCUT2D eigenvalue weighted by molar-refractivity contribution is 0.0866. The Bertz CT molecular complexity index is 248. The summed E-state index contributed by atoms with van der Waals surface area (Å²) in [6.07, 6.45) is 1.84. The van der Waals surface area contributed by atoms with Crippen LogP contribution < -0.4 is 5.73 Å². The molecular formula is C12H24N2O2. The maximum absolute atomic E-state index is 11.5. The van der Waals surface area contributed by atoms with Gasteiger partial charge in [0.25, 0.3) is 0 Å². The van der Waals surface area contributed by atoms with Crippen LogP contribution in [0.4, 0.5) is 4.79 Å². The third kappa shape index (κ3) is 4.00. The molecule has 1 rings (SSSR count). The fourth-order valence-electron chi connectivity index (χ4n) is 2.54. The lowest BCUT2D eigenvalue weighted by Gasteiger charge is -2.37. The van der Waals surface area contributed by atoms with Gasteiger partial charge in [-0.2, -0.15) is 0 Å². The molecule has 2 N–H and O–H groups in total. The van der Waals surface area contributed by atoms with Crippen molar-refractivity contribution < 1.29 is 9.53 Å². The van der Waals surface area contributed by atoms with E-state index in [1.807, 2.05) is 0 Å². The summed E-state index contributed by atoms with van der Waals surface area (Å²) in [7, 11) is 1.42. The van der Waals surface area contributed by atoms with Gasteiger partial charge >= 0.3 is 6.09 Å². The molecule has 1 amide bonds. The molecule has 16 heavy (non-hydrogen) atoms. The highest BCUT2D eigenvalue weighted by Crippen LogP contribution is 2.29. The molecule has 2 unspecified atom stereocenters. The lowest BCUT2D eigenvalue weighted by Crippen LogP contribution is -2.50. The van der Waals surface area contributed by atoms with Crippen LogP contribution in [0.25, 0.3) is 0 Å². The molecule has 1 aliphatic rings. The number of hydrogen-bond donors (Lipinski definition) is 1. The monoisotopic (exact) mass is 228 g/mol. The predicted molar refractivity (Wildman–Crippen MR) is 64.1 cm³/mol. The predicted octanol–water partition coefficient (Wildman–Crippen LogP) is 1.84. The van der Waals surface area contributed by atoms with Crippen LogP contribution in [0.5, 0.6) is 0 Å². The van der Waals surface area contributed by atoms with Crippen LogP contribution in [0, 0.1) is 11.3 Å². The smallest absolute Gasteiger partial charge is 0.409 e. The van der Waals surface area contributed by atoms with Gasteiger partial charge in [0.15, 0.2) is 0 Å². The first-order chi connectivity index (χ1) is 7.31. The number of hydrogen-bond acceptors (Lipinski definition) is 3. The number of piperidine rings is 1. The van der Waals surface area contributed by atoms with Gasteiger partial charge in [-0.05, 0) is 24.2 Å². The Morgan fingerprint density at radius 2 is 2.06 bits per heavy atom. The molecule has 4 heteroatoms. The van der Waals surface area contributed by atoms with Gasteiger partial charge in [-0.25, -0.2) is 4.79 Å². The van der Waals surface area contributed by atoms with E-state index in [1.54, 1.807) is 4.90 Å². The van der Waals surface area contributed by atoms with Gasteiger partial charge in [-0.15, -0.1) is 0 Å². The minimum atomic E-state index is -0.256. The van der Waals surface area contributed by atoms with Crippen molar-refractivity contribution in [1.29, 1.82) is 0 Å². The van der Waals surface area contributed by atoms with Crippen molar-refractivity contribution >= 4 is 6.09 Å². The molecule has 1 saturated heterocycles. The molecule has 0 saturated carbocycles. The van der Waals surface area contributed by atoms with E-state index in [4.69, 9.17) is 10.5 Å². The van der Waals surface area contributed by atoms with E-state index in [1.165, 1.54) is 7.11 Å². The van der Waals surface area contributed by atoms with E-state index in [0.717, 1.165) is 19.4 Å². The molecule has 4 nitrogen and oxygen atoms in total. The number of nitrogens with zero attached hydrogens (tertiary/aromatic N) is 1. The second-order valence-corrected chi connectivity index (χ2v) is 6.00. The van der Waals surface area contributed by atoms with Crippen LogP contribution in [0.15, 0.2) is 0 Å². The summed E-state index contributed by atoms with van der Waals surface area (Å²) in [6.45, 7) is 8.05. The zero-order valence-electron chi connectivity index (χ0n) is 10.8. The third-order valence-corrected chi connectivity index (χ3v) is 2.90. The topological polar surface area (TPSA) is 55.6 Å². The first-order valence-corrected chi connectivity index (χ1v) is 5.90. The largest absolute Gasteiger partial charge is 0.453 e. The highest BCUT2D eigenvalue weighted by Gasteiger charge is 2.30. The normalized spacial score (nSPS) is 26.7. The Morgan fingerprint density at radius 1 is 1.44 bits per heavy atom. The molecule has 0 aromatic heterocycles. The van der Waals surface area contributed by atoms with E-state index in [-0.39, 0.29) is 17.6 Å². The standard InChI is InChI=1S/C12H24N2O2/c1-12(2,3)6-9-5-10(13)8-14(7-9)11(15)16-4/h9-10H,5-8,13H2,1-4H3. The van der Waals surface area contributed by atoms with Gasteiger partial charge in [-0.3, -0.25) is 0 Å². The second-order valence-electron chi connectivity index (χ2n) is 6.00. The first-order valence-electron chi connectivity index (χ1n) is 5.90. The average molecular weight is 228 g/mol. The average Bonchev–Trinajstić information content (AvgIpc) is 2.12. The zero-order chi connectivity index (χ0) is 12.3. The highest BCUT2D eigenvalue weighted by atomic mass is 16.5. The van der Waals surface area contributed by atoms with E-state index < -0.39 is 0 Å². The van der Waals surface area contributed by atoms with E-state index in [9.17, 15) is 4.79 Å². The van der Waals surface area contributed by atoms with Gasteiger partial charge in [0.05, 0.1) is 7.11 Å². The minimum absolute atomic E-state index is 0.0835. The van der Waals surface area contributed by atoms with Crippen LogP contribution in [-0.4, -0.2) is 37.2 Å². The van der Waals surface area contributed by atoms with Crippen molar-refractivity contribution in [2.24, 2.45) is 17.1 Å². The summed E-state index contributed by atoms with van der Waals surface area (Å²) in [5, 5.41) is 0. The summed E-state index contributed by atoms with van der Waals surface area (Å²) in [6, 6.07) is 0.0835. The maximum atomic E-state index is 11.5. The van der Waals surface area contributed by atoms with Gasteiger partial charge in [0.2, 0.25) is 0 Å². The summed E-state index contributed by atoms with van der Waals surface area (Å²) in [5.41, 5.74) is 6.26. The van der Waals surface area contributed by atoms with E-state index in [0.29, 0.717) is 12.5 Å². The quantitative estimate of drug-likeness (QED) is 0.745. The number of carbonyl (C=O) groups is 1. The van der Waals surface area contributed by atoms with Crippen LogP contribution in [0.3, 0.4) is 0 Å². The van der Waals surface area contributed by atoms with Crippen molar-refractivity contribution in [3.8, 4) is 0 Å². The Kier molecular flexibility index (Phi) is 4.19. The van der Waals surface area contributed by atoms with Gasteiger partial charge < -0.3 is 15.4 Å². The number of carbonyl (C=O) groups excluding carboxylic acids is 1. The fourth-order valence-corrected chi connectivity index (χ4v) is 2.54. The van der Waals surface area contributed by atoms with Gasteiger partial charge in [0, 0.05) is 19.1 Å². The summed E-state index contributed by atoms with van der Waals surface area (Å²) in [5.74, 6) is 0.489. The number of methoxy groups -OCH3 is 1. The van der Waals surface area contributed by atoms with E-state index in [2.05, 4.69) is 20.8 Å². The number of amides is 1. The van der Waals surface area contributed by atoms with Crippen LogP contribution in [-0.2, 0) is 4.74 Å². The van der Waals surface area contributed by atoms with Crippen molar-refractivity contribution in [2.75, 3.05) is 20.2 Å². The Balaban J connectivity index is 2.57. The molecule has 94 valence electrons. The molecule has 1 fully saturated rings. The summed E-state index contributed by atoms with van der Waals surface area (Å²) >= 11 is 0. The summed E-state index contributed by atoms with van der Waals surface area (Å²) in [4.78, 5) is 13.2. The molecule has 0 bridgehead atoms. The maximum Gasteiger partial charge on any atom is 0.409 e. The van der Waals surface area contributed by atoms with Crippen molar-refractivity contribution in [3.05, 3.63) is 0 Å². The Hall–Kier alpha value is -0.770. The molecule has 0 aromatic rings. The van der Waals surface area contributed by atoms with Crippen LogP contribution in [0.2, 0.25) is 0 Å². The molecular weight excluding hydrogens is 204 g/mol. The van der Waals surface area contributed by atoms with Crippen molar-refractivity contribution in [3.63, 3.8) is 0 Å². The highest BCUT2D eigenvalue weighted by molar-refractivity contribution is 5.67. The van der Waals surface area contributed by atoms with Crippen LogP contribution >= 0.6 is 0 Å². The molecule has 0 spiro atoms. The fraction of sp³-hybridized carbons (Fsp3) is 0.917. The molecule has 0 aliphatic carbocycles. The minimum Gasteiger partial charge on any atom is -0.453 e. The van der Waals surface area contributed by atoms with Gasteiger partial charge in [-0.1, -0.05) is 20.8 Å². The van der Waals surface area contributed by atoms with Crippen molar-refractivity contribution in [1.82, 2.24) is 4.90 Å². The van der Waals surface area contributed by atoms with Crippen LogP contribution in [0.1, 0.15) is 33.6 Å². The Labute approximate surface area is 98.1 Å². The number of ether oxygens (including phenoxy) is 1.